The van der Waals surface area contributed by atoms with E-state index in [1.54, 1.807) is 11.0 Å². The van der Waals surface area contributed by atoms with Crippen molar-refractivity contribution in [3.63, 3.8) is 0 Å². The highest BCUT2D eigenvalue weighted by Crippen LogP contribution is 2.26. The van der Waals surface area contributed by atoms with Gasteiger partial charge < -0.3 is 9.64 Å². The van der Waals surface area contributed by atoms with Crippen LogP contribution in [-0.2, 0) is 4.74 Å². The highest BCUT2D eigenvalue weighted by atomic mass is 32.2. The van der Waals surface area contributed by atoms with E-state index in [0.717, 1.165) is 24.3 Å². The van der Waals surface area contributed by atoms with Gasteiger partial charge in [-0.2, -0.15) is 0 Å². The number of carbonyl (C=O) groups is 1. The van der Waals surface area contributed by atoms with E-state index in [0.29, 0.717) is 12.3 Å². The van der Waals surface area contributed by atoms with E-state index in [9.17, 15) is 14.9 Å². The Morgan fingerprint density at radius 2 is 2.21 bits per heavy atom. The Labute approximate surface area is 145 Å². The molecule has 1 aliphatic rings. The minimum Gasteiger partial charge on any atom is -0.444 e. The lowest BCUT2D eigenvalue weighted by Gasteiger charge is -2.36. The number of hydrogen-bond donors (Lipinski definition) is 0. The van der Waals surface area contributed by atoms with Gasteiger partial charge in [0.2, 0.25) is 0 Å². The lowest BCUT2D eigenvalue weighted by molar-refractivity contribution is -0.385. The highest BCUT2D eigenvalue weighted by molar-refractivity contribution is 7.99. The summed E-state index contributed by atoms with van der Waals surface area (Å²) in [6, 6.07) is 3.18. The minimum atomic E-state index is -0.508. The largest absolute Gasteiger partial charge is 0.444 e. The molecule has 2 heterocycles. The molecule has 0 aliphatic carbocycles. The lowest BCUT2D eigenvalue weighted by Crippen LogP contribution is -2.47. The van der Waals surface area contributed by atoms with Gasteiger partial charge in [-0.05, 0) is 46.1 Å². The molecule has 0 N–H and O–H groups in total. The Morgan fingerprint density at radius 3 is 2.79 bits per heavy atom. The highest BCUT2D eigenvalue weighted by Gasteiger charge is 2.30. The van der Waals surface area contributed by atoms with Crippen LogP contribution in [0.15, 0.2) is 23.4 Å². The quantitative estimate of drug-likeness (QED) is 0.464. The zero-order valence-electron chi connectivity index (χ0n) is 14.2. The molecule has 0 radical (unpaired) electrons. The molecule has 1 atom stereocenters. The van der Waals surface area contributed by atoms with Gasteiger partial charge in [0.25, 0.3) is 5.69 Å². The number of aromatic nitrogens is 1. The summed E-state index contributed by atoms with van der Waals surface area (Å²) in [5.41, 5.74) is -0.529. The van der Waals surface area contributed by atoms with Crippen LogP contribution >= 0.6 is 11.8 Å². The molecule has 1 amide bonds. The first-order valence-electron chi connectivity index (χ1n) is 7.99. The summed E-state index contributed by atoms with van der Waals surface area (Å²) in [5, 5.41) is 11.4. The number of ether oxygens (including phenoxy) is 1. The van der Waals surface area contributed by atoms with Gasteiger partial charge in [0.15, 0.2) is 0 Å². The number of pyridine rings is 1. The van der Waals surface area contributed by atoms with E-state index in [1.165, 1.54) is 24.0 Å². The first-order chi connectivity index (χ1) is 11.3. The molecule has 0 spiro atoms. The Morgan fingerprint density at radius 1 is 1.46 bits per heavy atom. The van der Waals surface area contributed by atoms with Crippen molar-refractivity contribution in [2.45, 2.75) is 56.7 Å². The molecule has 0 unspecified atom stereocenters. The van der Waals surface area contributed by atoms with Crippen molar-refractivity contribution in [2.75, 3.05) is 12.3 Å². The summed E-state index contributed by atoms with van der Waals surface area (Å²) in [6.45, 7) is 6.28. The van der Waals surface area contributed by atoms with Crippen molar-refractivity contribution in [1.29, 1.82) is 0 Å². The van der Waals surface area contributed by atoms with Crippen molar-refractivity contribution >= 4 is 23.5 Å². The van der Waals surface area contributed by atoms with Gasteiger partial charge >= 0.3 is 6.09 Å². The lowest BCUT2D eigenvalue weighted by atomic mass is 10.0. The Balaban J connectivity index is 1.95. The average Bonchev–Trinajstić information content (AvgIpc) is 2.52. The molecule has 1 aromatic heterocycles. The van der Waals surface area contributed by atoms with Crippen LogP contribution in [0.5, 0.6) is 0 Å². The number of nitrogens with zero attached hydrogens (tertiary/aromatic N) is 3. The number of hydrogen-bond acceptors (Lipinski definition) is 6. The van der Waals surface area contributed by atoms with Crippen molar-refractivity contribution in [2.24, 2.45) is 0 Å². The van der Waals surface area contributed by atoms with Crippen molar-refractivity contribution in [3.8, 4) is 0 Å². The second-order valence-electron chi connectivity index (χ2n) is 6.75. The fourth-order valence-corrected chi connectivity index (χ4v) is 3.48. The first kappa shape index (κ1) is 18.5. The maximum absolute atomic E-state index is 12.4. The van der Waals surface area contributed by atoms with Gasteiger partial charge in [-0.1, -0.05) is 0 Å². The number of rotatable bonds is 4. The molecule has 0 saturated carbocycles. The Bertz CT molecular complexity index is 586. The molecule has 8 heteroatoms. The Hall–Kier alpha value is -1.83. The van der Waals surface area contributed by atoms with Crippen LogP contribution in [0.4, 0.5) is 10.5 Å². The van der Waals surface area contributed by atoms with Gasteiger partial charge in [0.05, 0.1) is 9.95 Å². The Kier molecular flexibility index (Phi) is 6.04. The number of thioether (sulfide) groups is 1. The number of carbonyl (C=O) groups excluding carboxylic acids is 1. The average molecular weight is 353 g/mol. The molecule has 24 heavy (non-hydrogen) atoms. The fraction of sp³-hybridized carbons (Fsp3) is 0.625. The molecule has 1 aromatic rings. The zero-order valence-corrected chi connectivity index (χ0v) is 15.0. The van der Waals surface area contributed by atoms with Crippen LogP contribution < -0.4 is 0 Å². The maximum atomic E-state index is 12.4. The van der Waals surface area contributed by atoms with Crippen molar-refractivity contribution in [3.05, 3.63) is 28.4 Å². The predicted molar refractivity (Wildman–Crippen MR) is 92.2 cm³/mol. The molecular weight excluding hydrogens is 330 g/mol. The van der Waals surface area contributed by atoms with Gasteiger partial charge in [0, 0.05) is 24.4 Å². The molecule has 0 aromatic carbocycles. The second-order valence-corrected chi connectivity index (χ2v) is 7.79. The SMILES string of the molecule is CC(C)(C)OC(=O)N1CCCC[C@@H]1CSc1ccc([N+](=O)[O-])cn1. The third-order valence-electron chi connectivity index (χ3n) is 3.61. The van der Waals surface area contributed by atoms with Gasteiger partial charge in [0.1, 0.15) is 11.8 Å². The number of nitro groups is 1. The molecule has 1 fully saturated rings. The molecule has 7 nitrogen and oxygen atoms in total. The smallest absolute Gasteiger partial charge is 0.410 e. The van der Waals surface area contributed by atoms with Crippen LogP contribution in [0.25, 0.3) is 0 Å². The predicted octanol–water partition coefficient (Wildman–Crippen LogP) is 3.87. The normalized spacial score (nSPS) is 18.3. The number of likely N-dealkylation sites (tertiary alicyclic amines) is 1. The molecule has 2 rings (SSSR count). The standard InChI is InChI=1S/C16H23N3O4S/c1-16(2,3)23-15(20)18-9-5-4-6-13(18)11-24-14-8-7-12(10-17-14)19(21)22/h7-8,10,13H,4-6,9,11H2,1-3H3/t13-/m1/s1. The van der Waals surface area contributed by atoms with E-state index in [1.807, 2.05) is 20.8 Å². The second kappa shape index (κ2) is 7.83. The topological polar surface area (TPSA) is 85.6 Å². The van der Waals surface area contributed by atoms with Gasteiger partial charge in [-0.25, -0.2) is 9.78 Å². The van der Waals surface area contributed by atoms with E-state index in [2.05, 4.69) is 4.98 Å². The summed E-state index contributed by atoms with van der Waals surface area (Å²) >= 11 is 1.50. The summed E-state index contributed by atoms with van der Waals surface area (Å²) in [7, 11) is 0. The van der Waals surface area contributed by atoms with Gasteiger partial charge in [-0.3, -0.25) is 10.1 Å². The summed E-state index contributed by atoms with van der Waals surface area (Å²) in [5.74, 6) is 0.698. The molecule has 0 bridgehead atoms. The first-order valence-corrected chi connectivity index (χ1v) is 8.98. The van der Waals surface area contributed by atoms with E-state index in [-0.39, 0.29) is 17.8 Å². The number of amides is 1. The fourth-order valence-electron chi connectivity index (χ4n) is 2.48. The third-order valence-corrected chi connectivity index (χ3v) is 4.70. The molecular formula is C16H23N3O4S. The molecule has 1 saturated heterocycles. The molecule has 1 aliphatic heterocycles. The van der Waals surface area contributed by atoms with Gasteiger partial charge in [-0.15, -0.1) is 11.8 Å². The summed E-state index contributed by atoms with van der Waals surface area (Å²) < 4.78 is 5.49. The zero-order chi connectivity index (χ0) is 17.7. The van der Waals surface area contributed by atoms with E-state index in [4.69, 9.17) is 4.74 Å². The minimum absolute atomic E-state index is 0.0209. The number of piperidine rings is 1. The van der Waals surface area contributed by atoms with Crippen LogP contribution in [0.2, 0.25) is 0 Å². The summed E-state index contributed by atoms with van der Waals surface area (Å²) in [4.78, 5) is 28.4. The van der Waals surface area contributed by atoms with Crippen LogP contribution in [0.3, 0.4) is 0 Å². The monoisotopic (exact) mass is 353 g/mol. The van der Waals surface area contributed by atoms with E-state index < -0.39 is 10.5 Å². The van der Waals surface area contributed by atoms with Crippen molar-refractivity contribution < 1.29 is 14.5 Å². The van der Waals surface area contributed by atoms with Crippen LogP contribution in [-0.4, -0.2) is 44.8 Å². The van der Waals surface area contributed by atoms with Crippen molar-refractivity contribution in [1.82, 2.24) is 9.88 Å². The van der Waals surface area contributed by atoms with Crippen LogP contribution in [0.1, 0.15) is 40.0 Å². The van der Waals surface area contributed by atoms with E-state index >= 15 is 0 Å². The third kappa shape index (κ3) is 5.36. The maximum Gasteiger partial charge on any atom is 0.410 e. The summed E-state index contributed by atoms with van der Waals surface area (Å²) in [6.07, 6.45) is 3.98. The van der Waals surface area contributed by atoms with Crippen LogP contribution in [0, 0.1) is 10.1 Å². The molecule has 132 valence electrons.